The average molecular weight is 947 g/mol. The summed E-state index contributed by atoms with van der Waals surface area (Å²) in [5.74, 6) is -1.91. The van der Waals surface area contributed by atoms with Gasteiger partial charge >= 0.3 is 5.97 Å². The molecule has 0 aliphatic carbocycles. The number of allylic oxidation sites excluding steroid dienone is 2. The van der Waals surface area contributed by atoms with Crippen LogP contribution in [0.5, 0.6) is 0 Å². The van der Waals surface area contributed by atoms with Crippen molar-refractivity contribution < 1.29 is 62.1 Å². The van der Waals surface area contributed by atoms with Gasteiger partial charge in [0.2, 0.25) is 5.89 Å². The molecule has 7 rings (SSSR count). The fourth-order valence-corrected chi connectivity index (χ4v) is 10.5. The van der Waals surface area contributed by atoms with Gasteiger partial charge in [-0.25, -0.2) is 14.8 Å². The van der Waals surface area contributed by atoms with Gasteiger partial charge in [0.05, 0.1) is 67.5 Å². The van der Waals surface area contributed by atoms with Crippen molar-refractivity contribution in [2.45, 2.75) is 191 Å². The Bertz CT molecular complexity index is 2140. The van der Waals surface area contributed by atoms with Gasteiger partial charge in [-0.3, -0.25) is 0 Å². The van der Waals surface area contributed by atoms with E-state index in [9.17, 15) is 20.1 Å². The normalized spacial score (nSPS) is 36.4. The largest absolute Gasteiger partial charge is 0.458 e. The van der Waals surface area contributed by atoms with Crippen LogP contribution in [0.4, 0.5) is 0 Å². The van der Waals surface area contributed by atoms with Crippen molar-refractivity contribution in [2.75, 3.05) is 14.2 Å². The number of fused-ring (bicyclic) bond motifs is 9. The highest BCUT2D eigenvalue weighted by molar-refractivity contribution is 5.82. The molecule has 0 aromatic carbocycles. The van der Waals surface area contributed by atoms with Crippen molar-refractivity contribution in [3.05, 3.63) is 95.4 Å². The predicted molar refractivity (Wildman–Crippen MR) is 254 cm³/mol. The van der Waals surface area contributed by atoms with Crippen LogP contribution in [0.25, 0.3) is 12.2 Å². The SMILES string of the molecule is C=C1CC2C/C=C\C(=O)O[C@H]3[C@@H](C)C(C/C=C/c4nc(co4)C4C[C@H](O)CC(CC(C1)O2)O4)OC(/C(C)=C/c1coc(C[C@]2(O)C[C@H](OC)CC([C@H](O)/C=C(C)/C=C/[C@@H](CCC)OC)O2)n1)[C@@H]3C. The zero-order valence-corrected chi connectivity index (χ0v) is 40.9. The van der Waals surface area contributed by atoms with E-state index in [1.807, 2.05) is 58.1 Å². The standard InChI is InChI=1S/C53H74N2O13/c1-9-12-38(60-7)18-17-31(2)21-44(57)47-26-42(61-8)27-53(59,68-47)28-49-54-36(29-62-49)22-33(4)51-35(6)52-34(5)45(66-51)14-11-15-48-55-43(30-63-48)46-24-37(56)23-41(65-46)25-40-20-32(3)19-39(64-40)13-10-16-50(58)67-52/h10-11,15-18,21-22,29-30,34-35,37-42,44-47,51-52,56-57,59H,3,9,12-14,19-20,23-28H2,1-2,4-8H3/b15-11+,16-10-,18-17+,31-21+,33-22+/t34-,35-,37+,38+,39?,40?,41?,42+,44+,45?,46?,47?,51?,52-,53-/m0/s1. The second-order valence-electron chi connectivity index (χ2n) is 19.7. The molecule has 2 aromatic rings. The number of carbonyl (C=O) groups excluding carboxylic acids is 1. The highest BCUT2D eigenvalue weighted by atomic mass is 16.6. The minimum Gasteiger partial charge on any atom is -0.458 e. The van der Waals surface area contributed by atoms with E-state index in [2.05, 4.69) is 13.5 Å². The molecular weight excluding hydrogens is 873 g/mol. The highest BCUT2D eigenvalue weighted by Crippen LogP contribution is 2.40. The van der Waals surface area contributed by atoms with Gasteiger partial charge in [-0.15, -0.1) is 0 Å². The van der Waals surface area contributed by atoms with Crippen LogP contribution < -0.4 is 0 Å². The summed E-state index contributed by atoms with van der Waals surface area (Å²) in [7, 11) is 3.26. The molecule has 3 N–H and O–H groups in total. The van der Waals surface area contributed by atoms with Crippen LogP contribution in [0.1, 0.15) is 135 Å². The maximum absolute atomic E-state index is 13.5. The van der Waals surface area contributed by atoms with E-state index >= 15 is 0 Å². The molecule has 5 aliphatic rings. The van der Waals surface area contributed by atoms with Crippen LogP contribution in [0.3, 0.4) is 0 Å². The van der Waals surface area contributed by atoms with Crippen molar-refractivity contribution in [1.82, 2.24) is 9.97 Å². The molecular formula is C53H74N2O13. The predicted octanol–water partition coefficient (Wildman–Crippen LogP) is 8.26. The molecule has 0 spiro atoms. The maximum atomic E-state index is 13.5. The Kier molecular flexibility index (Phi) is 18.1. The number of methoxy groups -OCH3 is 2. The van der Waals surface area contributed by atoms with E-state index in [4.69, 9.17) is 52.0 Å². The average Bonchev–Trinajstić information content (AvgIpc) is 3.95. The molecule has 2 aromatic heterocycles. The minimum atomic E-state index is -1.72. The number of hydrogen-bond acceptors (Lipinski definition) is 15. The van der Waals surface area contributed by atoms with Gasteiger partial charge in [-0.1, -0.05) is 75.3 Å². The Hall–Kier alpha value is -4.03. The van der Waals surface area contributed by atoms with E-state index < -0.39 is 48.4 Å². The van der Waals surface area contributed by atoms with Crippen molar-refractivity contribution >= 4 is 18.1 Å². The topological polar surface area (TPSA) is 194 Å². The molecule has 0 radical (unpaired) electrons. The van der Waals surface area contributed by atoms with Gasteiger partial charge in [0.1, 0.15) is 36.1 Å². The first-order valence-electron chi connectivity index (χ1n) is 24.5. The third-order valence-corrected chi connectivity index (χ3v) is 14.0. The summed E-state index contributed by atoms with van der Waals surface area (Å²) < 4.78 is 55.2. The summed E-state index contributed by atoms with van der Waals surface area (Å²) in [6.45, 7) is 14.3. The third kappa shape index (κ3) is 13.8. The Labute approximate surface area is 401 Å². The van der Waals surface area contributed by atoms with Crippen molar-refractivity contribution in [3.63, 3.8) is 0 Å². The smallest absolute Gasteiger partial charge is 0.330 e. The molecule has 8 bridgehead atoms. The molecule has 68 heavy (non-hydrogen) atoms. The van der Waals surface area contributed by atoms with E-state index in [1.54, 1.807) is 32.6 Å². The first-order valence-corrected chi connectivity index (χ1v) is 24.5. The molecule has 7 unspecified atom stereocenters. The van der Waals surface area contributed by atoms with Gasteiger partial charge < -0.3 is 57.3 Å². The number of ether oxygens (including phenoxy) is 7. The summed E-state index contributed by atoms with van der Waals surface area (Å²) in [5, 5.41) is 33.9. The lowest BCUT2D eigenvalue weighted by atomic mass is 9.79. The Morgan fingerprint density at radius 2 is 1.76 bits per heavy atom. The summed E-state index contributed by atoms with van der Waals surface area (Å²) in [4.78, 5) is 23.0. The molecule has 0 amide bonds. The van der Waals surface area contributed by atoms with E-state index in [1.165, 1.54) is 12.3 Å². The lowest BCUT2D eigenvalue weighted by molar-refractivity contribution is -0.286. The van der Waals surface area contributed by atoms with Crippen molar-refractivity contribution in [1.29, 1.82) is 0 Å². The fraction of sp³-hybridized carbons (Fsp3) is 0.642. The van der Waals surface area contributed by atoms with Gasteiger partial charge in [-0.2, -0.15) is 0 Å². The second kappa shape index (κ2) is 23.7. The van der Waals surface area contributed by atoms with Gasteiger partial charge in [-0.05, 0) is 70.1 Å². The number of carbonyl (C=O) groups is 1. The Morgan fingerprint density at radius 1 is 0.971 bits per heavy atom. The molecule has 15 heteroatoms. The zero-order valence-electron chi connectivity index (χ0n) is 40.9. The molecule has 15 nitrogen and oxygen atoms in total. The quantitative estimate of drug-likeness (QED) is 0.104. The highest BCUT2D eigenvalue weighted by Gasteiger charge is 2.45. The number of esters is 1. The van der Waals surface area contributed by atoms with Crippen LogP contribution in [0.2, 0.25) is 0 Å². The van der Waals surface area contributed by atoms with Crippen LogP contribution in [-0.2, 0) is 44.4 Å². The van der Waals surface area contributed by atoms with Gasteiger partial charge in [0.25, 0.3) is 0 Å². The number of nitrogens with zero attached hydrogens (tertiary/aromatic N) is 2. The molecule has 0 saturated carbocycles. The van der Waals surface area contributed by atoms with Crippen LogP contribution >= 0.6 is 0 Å². The number of rotatable bonds is 12. The lowest BCUT2D eigenvalue weighted by Gasteiger charge is -2.44. The Balaban J connectivity index is 1.07. The van der Waals surface area contributed by atoms with Gasteiger partial charge in [0.15, 0.2) is 11.7 Å². The fourth-order valence-electron chi connectivity index (χ4n) is 10.5. The van der Waals surface area contributed by atoms with Crippen LogP contribution in [0.15, 0.2) is 81.1 Å². The van der Waals surface area contributed by atoms with E-state index in [0.717, 1.165) is 29.6 Å². The van der Waals surface area contributed by atoms with Crippen molar-refractivity contribution in [2.24, 2.45) is 11.8 Å². The summed E-state index contributed by atoms with van der Waals surface area (Å²) in [5.41, 5.74) is 3.91. The van der Waals surface area contributed by atoms with Gasteiger partial charge in [0, 0.05) is 57.8 Å². The summed E-state index contributed by atoms with van der Waals surface area (Å²) >= 11 is 0. The molecule has 374 valence electrons. The van der Waals surface area contributed by atoms with Crippen LogP contribution in [0, 0.1) is 11.8 Å². The molecule has 5 aliphatic heterocycles. The maximum Gasteiger partial charge on any atom is 0.330 e. The minimum absolute atomic E-state index is 0.0138. The lowest BCUT2D eigenvalue weighted by Crippen LogP contribution is -2.51. The van der Waals surface area contributed by atoms with Crippen molar-refractivity contribution in [3.8, 4) is 0 Å². The molecule has 4 saturated heterocycles. The monoisotopic (exact) mass is 947 g/mol. The number of oxazole rings is 2. The Morgan fingerprint density at radius 3 is 2.54 bits per heavy atom. The number of aromatic nitrogens is 2. The second-order valence-corrected chi connectivity index (χ2v) is 19.7. The first-order chi connectivity index (χ1) is 32.6. The number of aliphatic hydroxyl groups is 3. The summed E-state index contributed by atoms with van der Waals surface area (Å²) in [6, 6.07) is 0. The molecule has 15 atom stereocenters. The summed E-state index contributed by atoms with van der Waals surface area (Å²) in [6.07, 6.45) is 19.1. The molecule has 4 fully saturated rings. The number of aliphatic hydroxyl groups excluding tert-OH is 2. The van der Waals surface area contributed by atoms with Crippen LogP contribution in [-0.4, -0.2) is 118 Å². The zero-order chi connectivity index (χ0) is 48.5. The van der Waals surface area contributed by atoms with E-state index in [0.29, 0.717) is 68.6 Å². The molecule has 7 heterocycles. The van der Waals surface area contributed by atoms with E-state index in [-0.39, 0.29) is 67.2 Å². The first kappa shape index (κ1) is 51.8. The third-order valence-electron chi connectivity index (χ3n) is 14.0. The number of hydrogen-bond donors (Lipinski definition) is 3.